The number of halogens is 3. The Morgan fingerprint density at radius 1 is 1.29 bits per heavy atom. The molecule has 1 fully saturated rings. The zero-order valence-electron chi connectivity index (χ0n) is 16.6. The minimum atomic E-state index is -0.839. The van der Waals surface area contributed by atoms with Gasteiger partial charge in [0.05, 0.1) is 22.3 Å². The fraction of sp³-hybridized carbons (Fsp3) is 0.286. The van der Waals surface area contributed by atoms with E-state index in [0.717, 1.165) is 12.8 Å². The quantitative estimate of drug-likeness (QED) is 0.318. The van der Waals surface area contributed by atoms with E-state index in [1.807, 2.05) is 6.92 Å². The lowest BCUT2D eigenvalue weighted by molar-refractivity contribution is -0.139. The summed E-state index contributed by atoms with van der Waals surface area (Å²) in [6, 6.07) is 7.82. The van der Waals surface area contributed by atoms with Crippen molar-refractivity contribution >= 4 is 45.6 Å². The van der Waals surface area contributed by atoms with Crippen LogP contribution in [0, 0.1) is 5.82 Å². The number of hydrogen-bond acceptors (Lipinski definition) is 5. The Labute approximate surface area is 192 Å². The van der Waals surface area contributed by atoms with Crippen LogP contribution >= 0.6 is 27.5 Å². The van der Waals surface area contributed by atoms with Crippen LogP contribution in [-0.4, -0.2) is 30.7 Å². The Morgan fingerprint density at radius 2 is 2.06 bits per heavy atom. The lowest BCUT2D eigenvalue weighted by Crippen LogP contribution is -2.38. The number of hydrogen-bond donors (Lipinski definition) is 2. The lowest BCUT2D eigenvalue weighted by Gasteiger charge is -2.15. The summed E-state index contributed by atoms with van der Waals surface area (Å²) >= 11 is 9.47. The summed E-state index contributed by atoms with van der Waals surface area (Å²) in [4.78, 5) is 23.4. The molecule has 0 aromatic heterocycles. The Morgan fingerprint density at radius 3 is 2.74 bits per heavy atom. The third kappa shape index (κ3) is 6.41. The number of ether oxygens (including phenoxy) is 2. The second kappa shape index (κ2) is 10.6. The topological polar surface area (TPSA) is 89.0 Å². The summed E-state index contributed by atoms with van der Waals surface area (Å²) in [5.74, 6) is -1.26. The number of benzene rings is 2. The van der Waals surface area contributed by atoms with Crippen molar-refractivity contribution in [2.75, 3.05) is 6.61 Å². The van der Waals surface area contributed by atoms with Crippen molar-refractivity contribution in [2.24, 2.45) is 5.10 Å². The summed E-state index contributed by atoms with van der Waals surface area (Å²) in [6.07, 6.45) is 3.13. The average molecular weight is 513 g/mol. The number of nitrogens with zero attached hydrogens (tertiary/aromatic N) is 1. The van der Waals surface area contributed by atoms with Gasteiger partial charge in [0.15, 0.2) is 11.5 Å². The van der Waals surface area contributed by atoms with E-state index in [-0.39, 0.29) is 23.2 Å². The third-order valence-corrected chi connectivity index (χ3v) is 5.20. The lowest BCUT2D eigenvalue weighted by atomic mass is 10.2. The molecule has 164 valence electrons. The van der Waals surface area contributed by atoms with Gasteiger partial charge in [-0.05, 0) is 65.5 Å². The van der Waals surface area contributed by atoms with E-state index in [0.29, 0.717) is 28.1 Å². The maximum Gasteiger partial charge on any atom is 0.329 e. The number of amides is 2. The molecule has 0 unspecified atom stereocenters. The van der Waals surface area contributed by atoms with Gasteiger partial charge in [0.1, 0.15) is 12.4 Å². The van der Waals surface area contributed by atoms with Crippen LogP contribution in [0.4, 0.5) is 4.39 Å². The van der Waals surface area contributed by atoms with Crippen molar-refractivity contribution in [1.29, 1.82) is 0 Å². The summed E-state index contributed by atoms with van der Waals surface area (Å²) < 4.78 is 26.0. The fourth-order valence-corrected chi connectivity index (χ4v) is 3.37. The number of hydrazone groups is 1. The van der Waals surface area contributed by atoms with Gasteiger partial charge in [-0.3, -0.25) is 9.59 Å². The minimum absolute atomic E-state index is 0.0822. The standard InChI is InChI=1S/C21H20BrClFN3O4/c1-2-30-18-9-12(10-25-27-21(29)20(28)26-13-6-7-13)8-15(22)19(18)31-11-14-16(23)4-3-5-17(14)24/h3-5,8-10,13H,2,6-7,11H2,1H3,(H,26,28)(H,27,29)/b25-10-. The zero-order chi connectivity index (χ0) is 22.4. The average Bonchev–Trinajstić information content (AvgIpc) is 3.53. The molecule has 2 N–H and O–H groups in total. The summed E-state index contributed by atoms with van der Waals surface area (Å²) in [6.45, 7) is 2.08. The van der Waals surface area contributed by atoms with E-state index in [2.05, 4.69) is 31.8 Å². The molecule has 10 heteroatoms. The molecule has 31 heavy (non-hydrogen) atoms. The van der Waals surface area contributed by atoms with Crippen molar-refractivity contribution < 1.29 is 23.5 Å². The molecule has 2 aromatic rings. The summed E-state index contributed by atoms with van der Waals surface area (Å²) in [5.41, 5.74) is 2.99. The first-order valence-electron chi connectivity index (χ1n) is 9.55. The van der Waals surface area contributed by atoms with Gasteiger partial charge in [-0.2, -0.15) is 5.10 Å². The van der Waals surface area contributed by atoms with Crippen molar-refractivity contribution in [3.63, 3.8) is 0 Å². The van der Waals surface area contributed by atoms with Gasteiger partial charge in [0.25, 0.3) is 0 Å². The fourth-order valence-electron chi connectivity index (χ4n) is 2.57. The first-order chi connectivity index (χ1) is 14.9. The molecule has 0 atom stereocenters. The van der Waals surface area contributed by atoms with E-state index >= 15 is 0 Å². The van der Waals surface area contributed by atoms with Crippen LogP contribution in [0.1, 0.15) is 30.9 Å². The molecule has 2 aromatic carbocycles. The van der Waals surface area contributed by atoms with Crippen molar-refractivity contribution in [2.45, 2.75) is 32.4 Å². The van der Waals surface area contributed by atoms with Gasteiger partial charge in [0, 0.05) is 11.6 Å². The number of carbonyl (C=O) groups is 2. The predicted molar refractivity (Wildman–Crippen MR) is 118 cm³/mol. The molecule has 0 aliphatic heterocycles. The zero-order valence-corrected chi connectivity index (χ0v) is 18.9. The van der Waals surface area contributed by atoms with Gasteiger partial charge < -0.3 is 14.8 Å². The Kier molecular flexibility index (Phi) is 7.86. The van der Waals surface area contributed by atoms with Crippen LogP contribution in [-0.2, 0) is 16.2 Å². The summed E-state index contributed by atoms with van der Waals surface area (Å²) in [5, 5.41) is 6.65. The minimum Gasteiger partial charge on any atom is -0.490 e. The highest BCUT2D eigenvalue weighted by Gasteiger charge is 2.26. The maximum absolute atomic E-state index is 14.0. The van der Waals surface area contributed by atoms with Gasteiger partial charge in [-0.1, -0.05) is 17.7 Å². The first-order valence-corrected chi connectivity index (χ1v) is 10.7. The monoisotopic (exact) mass is 511 g/mol. The van der Waals surface area contributed by atoms with E-state index in [4.69, 9.17) is 21.1 Å². The van der Waals surface area contributed by atoms with E-state index in [1.165, 1.54) is 18.3 Å². The van der Waals surface area contributed by atoms with E-state index < -0.39 is 17.6 Å². The molecule has 7 nitrogen and oxygen atoms in total. The Bertz CT molecular complexity index is 994. The molecular formula is C21H20BrClFN3O4. The largest absolute Gasteiger partial charge is 0.490 e. The molecule has 1 aliphatic carbocycles. The maximum atomic E-state index is 14.0. The second-order valence-electron chi connectivity index (χ2n) is 6.70. The highest BCUT2D eigenvalue weighted by Crippen LogP contribution is 2.37. The van der Waals surface area contributed by atoms with Crippen LogP contribution in [0.15, 0.2) is 39.9 Å². The molecule has 3 rings (SSSR count). The Balaban J connectivity index is 1.70. The molecule has 0 radical (unpaired) electrons. The molecule has 0 spiro atoms. The highest BCUT2D eigenvalue weighted by atomic mass is 79.9. The predicted octanol–water partition coefficient (Wildman–Crippen LogP) is 3.95. The van der Waals surface area contributed by atoms with Gasteiger partial charge >= 0.3 is 11.8 Å². The van der Waals surface area contributed by atoms with Crippen LogP contribution in [0.3, 0.4) is 0 Å². The molecule has 0 saturated heterocycles. The molecule has 0 heterocycles. The van der Waals surface area contributed by atoms with Crippen LogP contribution < -0.4 is 20.2 Å². The van der Waals surface area contributed by atoms with Crippen molar-refractivity contribution in [3.8, 4) is 11.5 Å². The number of rotatable bonds is 8. The molecule has 1 saturated carbocycles. The first kappa shape index (κ1) is 23.0. The van der Waals surface area contributed by atoms with Crippen LogP contribution in [0.25, 0.3) is 0 Å². The second-order valence-corrected chi connectivity index (χ2v) is 7.96. The van der Waals surface area contributed by atoms with Crippen LogP contribution in [0.2, 0.25) is 5.02 Å². The van der Waals surface area contributed by atoms with Gasteiger partial charge in [0.2, 0.25) is 0 Å². The smallest absolute Gasteiger partial charge is 0.329 e. The van der Waals surface area contributed by atoms with Gasteiger partial charge in [-0.15, -0.1) is 0 Å². The normalized spacial score (nSPS) is 13.2. The van der Waals surface area contributed by atoms with Crippen LogP contribution in [0.5, 0.6) is 11.5 Å². The number of nitrogens with one attached hydrogen (secondary N) is 2. The van der Waals surface area contributed by atoms with Gasteiger partial charge in [-0.25, -0.2) is 9.82 Å². The molecule has 0 bridgehead atoms. The summed E-state index contributed by atoms with van der Waals surface area (Å²) in [7, 11) is 0. The van der Waals surface area contributed by atoms with Crippen molar-refractivity contribution in [3.05, 3.63) is 56.8 Å². The Hall–Kier alpha value is -2.65. The number of carbonyl (C=O) groups excluding carboxylic acids is 2. The SMILES string of the molecule is CCOc1cc(/C=N\NC(=O)C(=O)NC2CC2)cc(Br)c1OCc1c(F)cccc1Cl. The molecular weight excluding hydrogens is 493 g/mol. The highest BCUT2D eigenvalue weighted by molar-refractivity contribution is 9.10. The van der Waals surface area contributed by atoms with E-state index in [9.17, 15) is 14.0 Å². The molecule has 2 amide bonds. The molecule has 1 aliphatic rings. The van der Waals surface area contributed by atoms with Crippen molar-refractivity contribution in [1.82, 2.24) is 10.7 Å². The van der Waals surface area contributed by atoms with E-state index in [1.54, 1.807) is 18.2 Å². The third-order valence-electron chi connectivity index (χ3n) is 4.25.